The predicted octanol–water partition coefficient (Wildman–Crippen LogP) is 3.29. The molecule has 1 heterocycles. The molecule has 0 aromatic heterocycles. The Hall–Kier alpha value is -3.46. The smallest absolute Gasteiger partial charge is 0.293 e. The normalized spacial score (nSPS) is 14.7. The number of primary amides is 1. The number of hydrogen-bond acceptors (Lipinski definition) is 7. The molecular weight excluding hydrogens is 432 g/mol. The first kappa shape index (κ1) is 23.2. The van der Waals surface area contributed by atoms with Crippen LogP contribution in [-0.4, -0.2) is 48.8 Å². The second-order valence-corrected chi connectivity index (χ2v) is 8.11. The average Bonchev–Trinajstić information content (AvgIpc) is 3.02. The highest BCUT2D eigenvalue weighted by atomic mass is 32.2. The summed E-state index contributed by atoms with van der Waals surface area (Å²) in [4.78, 5) is 37.5. The van der Waals surface area contributed by atoms with Crippen molar-refractivity contribution in [3.63, 3.8) is 0 Å². The highest BCUT2D eigenvalue weighted by Gasteiger charge is 2.34. The molecule has 0 atom stereocenters. The van der Waals surface area contributed by atoms with Crippen LogP contribution in [0.5, 0.6) is 17.2 Å². The van der Waals surface area contributed by atoms with E-state index in [0.717, 1.165) is 28.6 Å². The zero-order chi connectivity index (χ0) is 23.3. The number of methoxy groups -OCH3 is 1. The van der Waals surface area contributed by atoms with Gasteiger partial charge in [-0.2, -0.15) is 0 Å². The number of nitrogens with zero attached hydrogens (tertiary/aromatic N) is 1. The average molecular weight is 457 g/mol. The summed E-state index contributed by atoms with van der Waals surface area (Å²) in [5.41, 5.74) is 7.80. The number of benzene rings is 2. The third-order valence-electron chi connectivity index (χ3n) is 4.65. The molecular formula is C23H24N2O6S. The fourth-order valence-corrected chi connectivity index (χ4v) is 3.86. The van der Waals surface area contributed by atoms with Crippen LogP contribution in [0.25, 0.3) is 6.08 Å². The molecule has 0 saturated carbocycles. The lowest BCUT2D eigenvalue weighted by molar-refractivity contribution is -0.123. The van der Waals surface area contributed by atoms with E-state index in [1.165, 1.54) is 12.0 Å². The number of thioether (sulfide) groups is 1. The number of carbonyl (C=O) groups is 3. The van der Waals surface area contributed by atoms with E-state index >= 15 is 0 Å². The third kappa shape index (κ3) is 5.61. The van der Waals surface area contributed by atoms with E-state index in [9.17, 15) is 14.4 Å². The molecule has 3 amide bonds. The van der Waals surface area contributed by atoms with Crippen LogP contribution in [0.15, 0.2) is 41.3 Å². The minimum atomic E-state index is -0.605. The van der Waals surface area contributed by atoms with Crippen LogP contribution in [0.4, 0.5) is 4.79 Å². The van der Waals surface area contributed by atoms with Gasteiger partial charge < -0.3 is 19.9 Å². The summed E-state index contributed by atoms with van der Waals surface area (Å²) in [6, 6.07) is 10.8. The largest absolute Gasteiger partial charge is 0.493 e. The van der Waals surface area contributed by atoms with Gasteiger partial charge in [0.15, 0.2) is 18.1 Å². The Morgan fingerprint density at radius 2 is 1.84 bits per heavy atom. The van der Waals surface area contributed by atoms with E-state index in [4.69, 9.17) is 19.9 Å². The number of aryl methyl sites for hydroxylation is 2. The number of imide groups is 1. The quantitative estimate of drug-likeness (QED) is 0.577. The molecule has 0 spiro atoms. The van der Waals surface area contributed by atoms with Gasteiger partial charge in [0.2, 0.25) is 0 Å². The summed E-state index contributed by atoms with van der Waals surface area (Å²) in [7, 11) is 1.46. The molecule has 0 unspecified atom stereocenters. The fourth-order valence-electron chi connectivity index (χ4n) is 3.00. The summed E-state index contributed by atoms with van der Waals surface area (Å²) < 4.78 is 16.3. The van der Waals surface area contributed by atoms with Gasteiger partial charge in [0, 0.05) is 0 Å². The molecule has 1 saturated heterocycles. The van der Waals surface area contributed by atoms with Crippen molar-refractivity contribution < 1.29 is 28.6 Å². The number of carbonyl (C=O) groups excluding carboxylic acids is 3. The zero-order valence-corrected chi connectivity index (χ0v) is 18.9. The van der Waals surface area contributed by atoms with Gasteiger partial charge in [-0.15, -0.1) is 0 Å². The van der Waals surface area contributed by atoms with Crippen LogP contribution in [0.2, 0.25) is 0 Å². The molecule has 2 aromatic rings. The molecule has 0 bridgehead atoms. The van der Waals surface area contributed by atoms with Crippen molar-refractivity contribution in [2.24, 2.45) is 5.73 Å². The maximum absolute atomic E-state index is 12.7. The van der Waals surface area contributed by atoms with E-state index in [1.807, 2.05) is 32.0 Å². The van der Waals surface area contributed by atoms with E-state index in [0.29, 0.717) is 22.0 Å². The SMILES string of the molecule is COc1cc(/C=C2\SC(=O)N(CCOc3cc(C)ccc3C)C2=O)ccc1OCC(N)=O. The predicted molar refractivity (Wildman–Crippen MR) is 122 cm³/mol. The molecule has 0 aliphatic carbocycles. The molecule has 168 valence electrons. The van der Waals surface area contributed by atoms with Crippen molar-refractivity contribution >= 4 is 34.9 Å². The van der Waals surface area contributed by atoms with Crippen LogP contribution in [0, 0.1) is 13.8 Å². The van der Waals surface area contributed by atoms with Crippen molar-refractivity contribution in [3.05, 3.63) is 58.0 Å². The molecule has 2 aromatic carbocycles. The van der Waals surface area contributed by atoms with Crippen LogP contribution >= 0.6 is 11.8 Å². The van der Waals surface area contributed by atoms with Crippen LogP contribution < -0.4 is 19.9 Å². The lowest BCUT2D eigenvalue weighted by Gasteiger charge is -2.14. The highest BCUT2D eigenvalue weighted by Crippen LogP contribution is 2.34. The number of nitrogens with two attached hydrogens (primary N) is 1. The second kappa shape index (κ2) is 10.2. The third-order valence-corrected chi connectivity index (χ3v) is 5.55. The summed E-state index contributed by atoms with van der Waals surface area (Å²) in [5.74, 6) is 0.475. The summed E-state index contributed by atoms with van der Waals surface area (Å²) in [6.45, 7) is 3.99. The standard InChI is InChI=1S/C23H24N2O6S/c1-14-4-5-15(2)18(10-14)30-9-8-25-22(27)20(32-23(25)28)12-16-6-7-17(19(11-16)29-3)31-13-21(24)26/h4-7,10-12H,8-9,13H2,1-3H3,(H2,24,26)/b20-12-. The second-order valence-electron chi connectivity index (χ2n) is 7.12. The van der Waals surface area contributed by atoms with Crippen molar-refractivity contribution in [3.8, 4) is 17.2 Å². The number of amides is 3. The molecule has 2 N–H and O–H groups in total. The van der Waals surface area contributed by atoms with E-state index in [-0.39, 0.29) is 30.9 Å². The zero-order valence-electron chi connectivity index (χ0n) is 18.0. The summed E-state index contributed by atoms with van der Waals surface area (Å²) in [5, 5.41) is -0.348. The van der Waals surface area contributed by atoms with Gasteiger partial charge in [0.05, 0.1) is 18.6 Å². The Balaban J connectivity index is 1.67. The minimum Gasteiger partial charge on any atom is -0.493 e. The van der Waals surface area contributed by atoms with Crippen LogP contribution in [-0.2, 0) is 9.59 Å². The maximum Gasteiger partial charge on any atom is 0.293 e. The van der Waals surface area contributed by atoms with Gasteiger partial charge in [-0.1, -0.05) is 18.2 Å². The number of hydrogen-bond donors (Lipinski definition) is 1. The first-order chi connectivity index (χ1) is 15.3. The number of ether oxygens (including phenoxy) is 3. The van der Waals surface area contributed by atoms with E-state index in [1.54, 1.807) is 24.3 Å². The Labute approximate surface area is 190 Å². The lowest BCUT2D eigenvalue weighted by Crippen LogP contribution is -2.32. The first-order valence-corrected chi connectivity index (χ1v) is 10.6. The van der Waals surface area contributed by atoms with Crippen molar-refractivity contribution in [1.82, 2.24) is 4.90 Å². The maximum atomic E-state index is 12.7. The van der Waals surface area contributed by atoms with Crippen molar-refractivity contribution in [2.45, 2.75) is 13.8 Å². The first-order valence-electron chi connectivity index (χ1n) is 9.83. The Bertz CT molecular complexity index is 1080. The van der Waals surface area contributed by atoms with Gasteiger partial charge in [-0.3, -0.25) is 19.3 Å². The molecule has 9 heteroatoms. The molecule has 1 aliphatic rings. The van der Waals surface area contributed by atoms with Crippen LogP contribution in [0.3, 0.4) is 0 Å². The van der Waals surface area contributed by atoms with Crippen molar-refractivity contribution in [1.29, 1.82) is 0 Å². The lowest BCUT2D eigenvalue weighted by atomic mass is 10.1. The van der Waals surface area contributed by atoms with Crippen molar-refractivity contribution in [2.75, 3.05) is 26.9 Å². The molecule has 1 fully saturated rings. The summed E-state index contributed by atoms with van der Waals surface area (Å²) >= 11 is 0.870. The van der Waals surface area contributed by atoms with Gasteiger partial charge in [0.25, 0.3) is 17.1 Å². The molecule has 32 heavy (non-hydrogen) atoms. The van der Waals surface area contributed by atoms with Gasteiger partial charge >= 0.3 is 0 Å². The molecule has 8 nitrogen and oxygen atoms in total. The number of rotatable bonds is 9. The Kier molecular flexibility index (Phi) is 7.42. The molecule has 1 aliphatic heterocycles. The molecule has 3 rings (SSSR count). The molecule has 0 radical (unpaired) electrons. The fraction of sp³-hybridized carbons (Fsp3) is 0.261. The van der Waals surface area contributed by atoms with E-state index < -0.39 is 5.91 Å². The van der Waals surface area contributed by atoms with Gasteiger partial charge in [-0.25, -0.2) is 0 Å². The topological polar surface area (TPSA) is 108 Å². The van der Waals surface area contributed by atoms with Gasteiger partial charge in [-0.05, 0) is 66.6 Å². The minimum absolute atomic E-state index is 0.151. The van der Waals surface area contributed by atoms with Gasteiger partial charge in [0.1, 0.15) is 12.4 Å². The van der Waals surface area contributed by atoms with E-state index in [2.05, 4.69) is 0 Å². The monoisotopic (exact) mass is 456 g/mol. The highest BCUT2D eigenvalue weighted by molar-refractivity contribution is 8.18. The summed E-state index contributed by atoms with van der Waals surface area (Å²) in [6.07, 6.45) is 1.61. The van der Waals surface area contributed by atoms with Crippen LogP contribution in [0.1, 0.15) is 16.7 Å². The Morgan fingerprint density at radius 3 is 2.56 bits per heavy atom. The Morgan fingerprint density at radius 1 is 1.06 bits per heavy atom.